The molecule has 1 heterocycles. The summed E-state index contributed by atoms with van der Waals surface area (Å²) in [7, 11) is 0. The standard InChI is InChI=1S/C18H21N/c1-3-4-10-16(14-17-11-7-8-13-19-17)18-12-6-5-9-15(18)2/h5-9,11-14H,3-4,10H2,1-2H3/b16-14+/i14D. The minimum atomic E-state index is 0.549. The molecule has 0 bridgehead atoms. The molecule has 0 atom stereocenters. The van der Waals surface area contributed by atoms with Crippen LogP contribution in [0, 0.1) is 6.92 Å². The molecule has 0 unspecified atom stereocenters. The highest BCUT2D eigenvalue weighted by Crippen LogP contribution is 2.25. The van der Waals surface area contributed by atoms with Gasteiger partial charge in [0.25, 0.3) is 0 Å². The molecule has 98 valence electrons. The van der Waals surface area contributed by atoms with Crippen LogP contribution in [0.5, 0.6) is 0 Å². The summed E-state index contributed by atoms with van der Waals surface area (Å²) in [4.78, 5) is 4.32. The number of hydrogen-bond donors (Lipinski definition) is 0. The van der Waals surface area contributed by atoms with Crippen molar-refractivity contribution in [3.8, 4) is 0 Å². The van der Waals surface area contributed by atoms with E-state index < -0.39 is 0 Å². The van der Waals surface area contributed by atoms with E-state index in [9.17, 15) is 0 Å². The van der Waals surface area contributed by atoms with E-state index >= 15 is 0 Å². The second kappa shape index (κ2) is 6.89. The third-order valence-corrected chi connectivity index (χ3v) is 3.19. The van der Waals surface area contributed by atoms with Crippen LogP contribution in [0.2, 0.25) is 0 Å². The van der Waals surface area contributed by atoms with E-state index in [-0.39, 0.29) is 0 Å². The van der Waals surface area contributed by atoms with Gasteiger partial charge in [-0.2, -0.15) is 0 Å². The number of unbranched alkanes of at least 4 members (excludes halogenated alkanes) is 1. The molecular weight excluding hydrogens is 230 g/mol. The number of aromatic nitrogens is 1. The number of benzene rings is 1. The number of rotatable bonds is 5. The summed E-state index contributed by atoms with van der Waals surface area (Å²) in [5.74, 6) is 0. The monoisotopic (exact) mass is 252 g/mol. The Morgan fingerprint density at radius 2 is 2.00 bits per heavy atom. The Morgan fingerprint density at radius 1 is 1.21 bits per heavy atom. The third kappa shape index (κ3) is 3.78. The number of aryl methyl sites for hydroxylation is 1. The molecule has 19 heavy (non-hydrogen) atoms. The fourth-order valence-corrected chi connectivity index (χ4v) is 2.12. The van der Waals surface area contributed by atoms with Crippen molar-refractivity contribution >= 4 is 11.6 Å². The minimum absolute atomic E-state index is 0.549. The van der Waals surface area contributed by atoms with Gasteiger partial charge in [0.2, 0.25) is 0 Å². The van der Waals surface area contributed by atoms with Crippen molar-refractivity contribution in [2.75, 3.05) is 0 Å². The van der Waals surface area contributed by atoms with Gasteiger partial charge in [0.15, 0.2) is 0 Å². The SMILES string of the molecule is [2H]/C(=C(/CCCC)c1ccccc1C)c1ccccn1. The third-order valence-electron chi connectivity index (χ3n) is 3.19. The molecule has 0 aliphatic heterocycles. The van der Waals surface area contributed by atoms with Gasteiger partial charge in [0.1, 0.15) is 0 Å². The summed E-state index contributed by atoms with van der Waals surface area (Å²) in [5.41, 5.74) is 4.25. The predicted octanol–water partition coefficient (Wildman–Crippen LogP) is 5.12. The highest BCUT2D eigenvalue weighted by atomic mass is 14.6. The number of allylic oxidation sites excluding steroid dienone is 1. The molecule has 0 saturated heterocycles. The molecule has 0 saturated carbocycles. The maximum Gasteiger partial charge on any atom is 0.0649 e. The first kappa shape index (κ1) is 12.2. The van der Waals surface area contributed by atoms with Gasteiger partial charge in [-0.05, 0) is 54.7 Å². The molecule has 0 amide bonds. The smallest absolute Gasteiger partial charge is 0.0649 e. The van der Waals surface area contributed by atoms with Gasteiger partial charge in [-0.1, -0.05) is 43.7 Å². The van der Waals surface area contributed by atoms with Crippen molar-refractivity contribution in [2.24, 2.45) is 0 Å². The van der Waals surface area contributed by atoms with Crippen LogP contribution in [-0.2, 0) is 0 Å². The van der Waals surface area contributed by atoms with E-state index in [1.54, 1.807) is 6.20 Å². The first-order valence-corrected chi connectivity index (χ1v) is 6.91. The average molecular weight is 252 g/mol. The number of nitrogens with zero attached hydrogens (tertiary/aromatic N) is 1. The van der Waals surface area contributed by atoms with E-state index in [0.29, 0.717) is 6.05 Å². The molecule has 0 aliphatic carbocycles. The predicted molar refractivity (Wildman–Crippen MR) is 82.8 cm³/mol. The quantitative estimate of drug-likeness (QED) is 0.719. The normalized spacial score (nSPS) is 12.8. The zero-order valence-corrected chi connectivity index (χ0v) is 11.7. The summed E-state index contributed by atoms with van der Waals surface area (Å²) in [6.07, 6.45) is 4.90. The summed E-state index contributed by atoms with van der Waals surface area (Å²) in [6.45, 7) is 4.28. The lowest BCUT2D eigenvalue weighted by Crippen LogP contribution is -1.90. The molecule has 1 nitrogen and oxygen atoms in total. The van der Waals surface area contributed by atoms with E-state index in [2.05, 4.69) is 31.0 Å². The first-order chi connectivity index (χ1) is 9.74. The van der Waals surface area contributed by atoms with E-state index in [1.807, 2.05) is 30.3 Å². The van der Waals surface area contributed by atoms with E-state index in [4.69, 9.17) is 1.37 Å². The number of pyridine rings is 1. The van der Waals surface area contributed by atoms with Gasteiger partial charge in [-0.3, -0.25) is 4.98 Å². The van der Waals surface area contributed by atoms with Crippen molar-refractivity contribution in [3.63, 3.8) is 0 Å². The molecule has 0 fully saturated rings. The molecule has 2 rings (SSSR count). The minimum Gasteiger partial charge on any atom is -0.257 e. The Morgan fingerprint density at radius 3 is 2.68 bits per heavy atom. The van der Waals surface area contributed by atoms with Crippen molar-refractivity contribution in [2.45, 2.75) is 33.1 Å². The van der Waals surface area contributed by atoms with Crippen LogP contribution in [0.25, 0.3) is 11.6 Å². The van der Waals surface area contributed by atoms with Gasteiger partial charge >= 0.3 is 0 Å². The van der Waals surface area contributed by atoms with E-state index in [0.717, 1.165) is 30.5 Å². The van der Waals surface area contributed by atoms with Crippen LogP contribution in [-0.4, -0.2) is 4.98 Å². The van der Waals surface area contributed by atoms with E-state index in [1.165, 1.54) is 11.1 Å². The number of hydrogen-bond acceptors (Lipinski definition) is 1. The Bertz CT molecular complexity index is 587. The lowest BCUT2D eigenvalue weighted by molar-refractivity contribution is 0.825. The van der Waals surface area contributed by atoms with Gasteiger partial charge in [0.05, 0.1) is 7.06 Å². The van der Waals surface area contributed by atoms with Crippen LogP contribution in [0.15, 0.2) is 48.7 Å². The fourth-order valence-electron chi connectivity index (χ4n) is 2.12. The lowest BCUT2D eigenvalue weighted by atomic mass is 9.95. The second-order valence-electron chi connectivity index (χ2n) is 4.74. The zero-order valence-electron chi connectivity index (χ0n) is 12.7. The van der Waals surface area contributed by atoms with Crippen LogP contribution in [0.4, 0.5) is 0 Å². The molecule has 0 radical (unpaired) electrons. The van der Waals surface area contributed by atoms with Crippen molar-refractivity contribution in [1.82, 2.24) is 4.98 Å². The summed E-state index contributed by atoms with van der Waals surface area (Å²) in [6, 6.07) is 14.6. The van der Waals surface area contributed by atoms with Gasteiger partial charge in [-0.15, -0.1) is 0 Å². The summed E-state index contributed by atoms with van der Waals surface area (Å²) >= 11 is 0. The van der Waals surface area contributed by atoms with Crippen LogP contribution >= 0.6 is 0 Å². The maximum atomic E-state index is 8.50. The van der Waals surface area contributed by atoms with Crippen molar-refractivity contribution < 1.29 is 1.37 Å². The Balaban J connectivity index is 2.50. The molecule has 2 aromatic rings. The van der Waals surface area contributed by atoms with Crippen LogP contribution in [0.3, 0.4) is 0 Å². The van der Waals surface area contributed by atoms with Crippen molar-refractivity contribution in [1.29, 1.82) is 0 Å². The summed E-state index contributed by atoms with van der Waals surface area (Å²) in [5, 5.41) is 0. The lowest BCUT2D eigenvalue weighted by Gasteiger charge is -2.10. The highest BCUT2D eigenvalue weighted by molar-refractivity contribution is 5.81. The average Bonchev–Trinajstić information content (AvgIpc) is 2.50. The first-order valence-electron chi connectivity index (χ1n) is 7.41. The Kier molecular flexibility index (Phi) is 4.41. The molecule has 0 spiro atoms. The fraction of sp³-hybridized carbons (Fsp3) is 0.278. The van der Waals surface area contributed by atoms with Crippen LogP contribution in [0.1, 0.15) is 44.4 Å². The molecule has 1 aromatic heterocycles. The summed E-state index contributed by atoms with van der Waals surface area (Å²) < 4.78 is 8.50. The molecule has 1 aromatic carbocycles. The molecule has 1 heteroatoms. The molecule has 0 N–H and O–H groups in total. The highest BCUT2D eigenvalue weighted by Gasteiger charge is 2.05. The zero-order chi connectivity index (χ0) is 14.4. The topological polar surface area (TPSA) is 12.9 Å². The van der Waals surface area contributed by atoms with Gasteiger partial charge < -0.3 is 0 Å². The molecular formula is C18H21N. The Labute approximate surface area is 117 Å². The van der Waals surface area contributed by atoms with Crippen molar-refractivity contribution in [3.05, 3.63) is 65.5 Å². The maximum absolute atomic E-state index is 8.50. The second-order valence-corrected chi connectivity index (χ2v) is 4.74. The van der Waals surface area contributed by atoms with Gasteiger partial charge in [-0.25, -0.2) is 0 Å². The molecule has 0 aliphatic rings. The van der Waals surface area contributed by atoms with Gasteiger partial charge in [0, 0.05) is 6.20 Å². The van der Waals surface area contributed by atoms with Crippen LogP contribution < -0.4 is 0 Å². The largest absolute Gasteiger partial charge is 0.257 e. The Hall–Kier alpha value is -1.89.